The number of benzene rings is 3. The maximum absolute atomic E-state index is 17.1. The van der Waals surface area contributed by atoms with Crippen LogP contribution in [-0.4, -0.2) is 58.0 Å². The Morgan fingerprint density at radius 3 is 2.57 bits per heavy atom. The first-order chi connectivity index (χ1) is 25.6. The first kappa shape index (κ1) is 37.2. The number of alkyl halides is 4. The molecule has 16 heteroatoms. The van der Waals surface area contributed by atoms with E-state index in [1.54, 1.807) is 51.1 Å². The number of halogens is 6. The van der Waals surface area contributed by atoms with Crippen molar-refractivity contribution in [2.45, 2.75) is 70.1 Å². The molecule has 4 heterocycles. The van der Waals surface area contributed by atoms with Gasteiger partial charge in [0.2, 0.25) is 5.88 Å². The predicted octanol–water partition coefficient (Wildman–Crippen LogP) is 9.56. The summed E-state index contributed by atoms with van der Waals surface area (Å²) in [5, 5.41) is 11.6. The average molecular weight is 770 g/mol. The largest absolute Gasteiger partial charge is 0.472 e. The van der Waals surface area contributed by atoms with Crippen molar-refractivity contribution in [2.24, 2.45) is 0 Å². The lowest BCUT2D eigenvalue weighted by molar-refractivity contribution is -0.137. The van der Waals surface area contributed by atoms with E-state index in [2.05, 4.69) is 15.3 Å². The summed E-state index contributed by atoms with van der Waals surface area (Å²) < 4.78 is 109. The zero-order valence-corrected chi connectivity index (χ0v) is 30.1. The summed E-state index contributed by atoms with van der Waals surface area (Å²) in [5.41, 5.74) is -4.92. The summed E-state index contributed by atoms with van der Waals surface area (Å²) >= 11 is 0.587. The molecule has 2 aliphatic rings. The van der Waals surface area contributed by atoms with Gasteiger partial charge in [0, 0.05) is 23.9 Å². The summed E-state index contributed by atoms with van der Waals surface area (Å²) in [6.45, 7) is 5.48. The van der Waals surface area contributed by atoms with Gasteiger partial charge in [0.05, 0.1) is 26.8 Å². The van der Waals surface area contributed by atoms with Gasteiger partial charge < -0.3 is 14.2 Å². The number of ether oxygens (including phenoxy) is 3. The number of anilines is 1. The molecule has 0 aliphatic carbocycles. The second-order valence-corrected chi connectivity index (χ2v) is 15.3. The topological polar surface area (TPSA) is 110 Å². The molecule has 1 N–H and O–H groups in total. The molecule has 3 aromatic carbocycles. The molecule has 0 spiro atoms. The number of aromatic nitrogens is 2. The number of nitriles is 1. The lowest BCUT2D eigenvalue weighted by Crippen LogP contribution is -2.43. The van der Waals surface area contributed by atoms with Gasteiger partial charge in [0.1, 0.15) is 47.4 Å². The molecule has 2 atom stereocenters. The van der Waals surface area contributed by atoms with Crippen LogP contribution in [0.4, 0.5) is 36.1 Å². The molecule has 2 saturated heterocycles. The molecule has 282 valence electrons. The average Bonchev–Trinajstić information content (AvgIpc) is 3.76. The van der Waals surface area contributed by atoms with Crippen molar-refractivity contribution in [3.8, 4) is 29.1 Å². The third kappa shape index (κ3) is 7.09. The van der Waals surface area contributed by atoms with E-state index in [0.717, 1.165) is 18.6 Å². The van der Waals surface area contributed by atoms with E-state index in [1.165, 1.54) is 0 Å². The number of rotatable bonds is 8. The van der Waals surface area contributed by atoms with Crippen LogP contribution in [-0.2, 0) is 17.5 Å². The van der Waals surface area contributed by atoms with Crippen LogP contribution in [0.3, 0.4) is 0 Å². The van der Waals surface area contributed by atoms with Crippen LogP contribution in [0.2, 0.25) is 0 Å². The minimum absolute atomic E-state index is 0.0569. The third-order valence-corrected chi connectivity index (χ3v) is 10.5. The summed E-state index contributed by atoms with van der Waals surface area (Å²) in [6.07, 6.45) is -5.59. The van der Waals surface area contributed by atoms with E-state index >= 15 is 22.0 Å². The highest BCUT2D eigenvalue weighted by atomic mass is 32.1. The normalized spacial score (nSPS) is 18.9. The molecular weight excluding hydrogens is 737 g/mol. The molecule has 2 aliphatic heterocycles. The van der Waals surface area contributed by atoms with Crippen molar-refractivity contribution in [3.63, 3.8) is 0 Å². The minimum atomic E-state index is -5.19. The van der Waals surface area contributed by atoms with Gasteiger partial charge >= 0.3 is 18.3 Å². The first-order valence-electron chi connectivity index (χ1n) is 17.0. The quantitative estimate of drug-likeness (QED) is 0.156. The number of hydrogen-bond acceptors (Lipinski definition) is 9. The Bertz CT molecular complexity index is 2310. The van der Waals surface area contributed by atoms with E-state index in [1.807, 2.05) is 11.0 Å². The molecule has 7 rings (SSSR count). The highest BCUT2D eigenvalue weighted by molar-refractivity contribution is 7.23. The van der Waals surface area contributed by atoms with Gasteiger partial charge in [-0.2, -0.15) is 28.4 Å². The number of carbonyl (C=O) groups is 1. The third-order valence-electron chi connectivity index (χ3n) is 9.42. The molecule has 0 saturated carbocycles. The van der Waals surface area contributed by atoms with E-state index in [9.17, 15) is 14.4 Å². The Kier molecular flexibility index (Phi) is 9.59. The lowest BCUT2D eigenvalue weighted by atomic mass is 9.92. The van der Waals surface area contributed by atoms with Gasteiger partial charge in [-0.05, 0) is 63.4 Å². The van der Waals surface area contributed by atoms with Crippen LogP contribution >= 0.6 is 11.3 Å². The number of amides is 1. The molecule has 2 aromatic heterocycles. The Morgan fingerprint density at radius 1 is 1.11 bits per heavy atom. The standard InChI is InChI=1S/C38H33F6N5O4S/c1-36(2,3)53-35(50)48-33-24(16-45)27-22(10-11-26(40)31(27)54-33)28-25(38(42,43)44)14-23-30(29(28)41)46-34(47-32(23)51-18-20-8-5-4-6-9-20)52-19-37-12-7-13-49(37)17-21(39)15-37/h4-6,8-11,14,21H,7,12-13,15,17-19H2,1-3H3,(H,48,50)/t21-,37+/m1/s1. The van der Waals surface area contributed by atoms with Crippen LogP contribution in [0, 0.1) is 23.0 Å². The van der Waals surface area contributed by atoms with E-state index in [0.29, 0.717) is 35.9 Å². The van der Waals surface area contributed by atoms with Crippen LogP contribution in [0.1, 0.15) is 56.7 Å². The Labute approximate surface area is 309 Å². The second kappa shape index (κ2) is 13.9. The van der Waals surface area contributed by atoms with Crippen LogP contribution in [0.5, 0.6) is 11.9 Å². The maximum atomic E-state index is 17.1. The summed E-state index contributed by atoms with van der Waals surface area (Å²) in [5.74, 6) is -2.78. The van der Waals surface area contributed by atoms with Crippen molar-refractivity contribution in [2.75, 3.05) is 25.0 Å². The highest BCUT2D eigenvalue weighted by Gasteiger charge is 2.49. The summed E-state index contributed by atoms with van der Waals surface area (Å²) in [7, 11) is 0. The van der Waals surface area contributed by atoms with E-state index < -0.39 is 86.3 Å². The monoisotopic (exact) mass is 769 g/mol. The number of fused-ring (bicyclic) bond motifs is 3. The smallest absolute Gasteiger partial charge is 0.417 e. The number of carbonyl (C=O) groups excluding carboxylic acids is 1. The molecule has 2 fully saturated rings. The van der Waals surface area contributed by atoms with Crippen molar-refractivity contribution in [1.82, 2.24) is 14.9 Å². The zero-order valence-electron chi connectivity index (χ0n) is 29.2. The van der Waals surface area contributed by atoms with Gasteiger partial charge in [0.25, 0.3) is 0 Å². The molecular formula is C38H33F6N5O4S. The number of nitrogens with one attached hydrogen (secondary N) is 1. The molecule has 0 radical (unpaired) electrons. The first-order valence-corrected chi connectivity index (χ1v) is 17.8. The fraction of sp³-hybridized carbons (Fsp3) is 0.368. The van der Waals surface area contributed by atoms with Gasteiger partial charge in [-0.15, -0.1) is 11.3 Å². The van der Waals surface area contributed by atoms with Gasteiger partial charge in [-0.25, -0.2) is 18.0 Å². The van der Waals surface area contributed by atoms with Gasteiger partial charge in [-0.3, -0.25) is 10.2 Å². The Hall–Kier alpha value is -5.14. The van der Waals surface area contributed by atoms with Gasteiger partial charge in [0.15, 0.2) is 5.82 Å². The van der Waals surface area contributed by atoms with Crippen molar-refractivity contribution in [1.29, 1.82) is 5.26 Å². The molecule has 0 unspecified atom stereocenters. The molecule has 9 nitrogen and oxygen atoms in total. The van der Waals surface area contributed by atoms with Crippen molar-refractivity contribution >= 4 is 43.4 Å². The molecule has 5 aromatic rings. The van der Waals surface area contributed by atoms with Crippen LogP contribution in [0.15, 0.2) is 48.5 Å². The fourth-order valence-corrected chi connectivity index (χ4v) is 8.25. The van der Waals surface area contributed by atoms with Crippen LogP contribution in [0.25, 0.3) is 32.1 Å². The fourth-order valence-electron chi connectivity index (χ4n) is 7.19. The summed E-state index contributed by atoms with van der Waals surface area (Å²) in [4.78, 5) is 23.1. The zero-order chi connectivity index (χ0) is 38.6. The highest BCUT2D eigenvalue weighted by Crippen LogP contribution is 2.49. The molecule has 0 bridgehead atoms. The number of nitrogens with zero attached hydrogens (tertiary/aromatic N) is 4. The predicted molar refractivity (Wildman–Crippen MR) is 189 cm³/mol. The Balaban J connectivity index is 1.41. The maximum Gasteiger partial charge on any atom is 0.417 e. The van der Waals surface area contributed by atoms with Crippen molar-refractivity contribution in [3.05, 3.63) is 76.9 Å². The molecule has 54 heavy (non-hydrogen) atoms. The number of thiophene rings is 1. The van der Waals surface area contributed by atoms with Crippen LogP contribution < -0.4 is 14.8 Å². The minimum Gasteiger partial charge on any atom is -0.472 e. The summed E-state index contributed by atoms with van der Waals surface area (Å²) in [6, 6.07) is 12.6. The lowest BCUT2D eigenvalue weighted by Gasteiger charge is -2.30. The van der Waals surface area contributed by atoms with Crippen molar-refractivity contribution < 1.29 is 45.3 Å². The van der Waals surface area contributed by atoms with E-state index in [-0.39, 0.29) is 41.3 Å². The van der Waals surface area contributed by atoms with E-state index in [4.69, 9.17) is 14.2 Å². The SMILES string of the molecule is CC(C)(C)OC(=O)Nc1sc2c(F)ccc(-c3c(C(F)(F)F)cc4c(OCc5ccccc5)nc(OC[C@@]56CCCN5C[C@H](F)C6)nc4c3F)c2c1C#N. The van der Waals surface area contributed by atoms with Gasteiger partial charge in [-0.1, -0.05) is 36.4 Å². The number of hydrogen-bond donors (Lipinski definition) is 1. The molecule has 1 amide bonds. The Morgan fingerprint density at radius 2 is 1.87 bits per heavy atom. The second-order valence-electron chi connectivity index (χ2n) is 14.3.